The first kappa shape index (κ1) is 19.5. The first-order valence-electron chi connectivity index (χ1n) is 11.7. The van der Waals surface area contributed by atoms with Crippen LogP contribution in [0.5, 0.6) is 11.5 Å². The molecule has 0 amide bonds. The van der Waals surface area contributed by atoms with Gasteiger partial charge in [0.25, 0.3) is 0 Å². The third-order valence-electron chi connectivity index (χ3n) is 7.14. The fourth-order valence-corrected chi connectivity index (χ4v) is 5.45. The van der Waals surface area contributed by atoms with E-state index in [0.717, 1.165) is 58.7 Å². The zero-order valence-electron chi connectivity index (χ0n) is 18.8. The third kappa shape index (κ3) is 2.76. The summed E-state index contributed by atoms with van der Waals surface area (Å²) in [5, 5.41) is 8.77. The van der Waals surface area contributed by atoms with Crippen LogP contribution < -0.4 is 19.7 Å². The summed E-state index contributed by atoms with van der Waals surface area (Å²) in [7, 11) is 0. The second kappa shape index (κ2) is 7.25. The predicted octanol–water partition coefficient (Wildman–Crippen LogP) is 5.89. The van der Waals surface area contributed by atoms with E-state index in [2.05, 4.69) is 28.4 Å². The van der Waals surface area contributed by atoms with Crippen molar-refractivity contribution in [1.29, 1.82) is 0 Å². The average molecular weight is 453 g/mol. The lowest BCUT2D eigenvalue weighted by Gasteiger charge is -2.36. The van der Waals surface area contributed by atoms with Gasteiger partial charge in [0.15, 0.2) is 23.0 Å². The zero-order valence-corrected chi connectivity index (χ0v) is 18.8. The molecule has 0 spiro atoms. The van der Waals surface area contributed by atoms with E-state index < -0.39 is 0 Å². The molecule has 4 aromatic rings. The molecule has 3 aliphatic rings. The summed E-state index contributed by atoms with van der Waals surface area (Å²) < 4.78 is 16.9. The quantitative estimate of drug-likeness (QED) is 0.365. The third-order valence-corrected chi connectivity index (χ3v) is 7.14. The summed E-state index contributed by atoms with van der Waals surface area (Å²) in [6.45, 7) is 3.41. The first-order chi connectivity index (χ1) is 16.7. The number of carbonyl (C=O) groups excluding carboxylic acids is 1. The maximum absolute atomic E-state index is 13.8. The van der Waals surface area contributed by atoms with Crippen LogP contribution in [0.15, 0.2) is 53.1 Å². The lowest BCUT2D eigenvalue weighted by Crippen LogP contribution is -2.37. The van der Waals surface area contributed by atoms with Gasteiger partial charge in [-0.15, -0.1) is 0 Å². The Labute approximate surface area is 196 Å². The molecule has 3 heterocycles. The molecule has 1 fully saturated rings. The molecule has 2 aliphatic heterocycles. The molecule has 7 rings (SSSR count). The van der Waals surface area contributed by atoms with E-state index in [-0.39, 0.29) is 12.6 Å². The molecule has 1 atom stereocenters. The summed E-state index contributed by atoms with van der Waals surface area (Å²) in [6.07, 6.45) is 3.47. The number of ketones is 1. The Bertz CT molecular complexity index is 1470. The van der Waals surface area contributed by atoms with Crippen molar-refractivity contribution in [1.82, 2.24) is 5.16 Å². The van der Waals surface area contributed by atoms with Crippen molar-refractivity contribution >= 4 is 33.7 Å². The van der Waals surface area contributed by atoms with Crippen LogP contribution in [-0.2, 0) is 0 Å². The summed E-state index contributed by atoms with van der Waals surface area (Å²) in [5.74, 6) is 2.03. The Hall–Kier alpha value is -4.00. The van der Waals surface area contributed by atoms with Gasteiger partial charge in [-0.25, -0.2) is 0 Å². The van der Waals surface area contributed by atoms with Crippen LogP contribution in [0.1, 0.15) is 42.1 Å². The largest absolute Gasteiger partial charge is 0.454 e. The minimum Gasteiger partial charge on any atom is -0.454 e. The number of anilines is 3. The van der Waals surface area contributed by atoms with Gasteiger partial charge in [0.2, 0.25) is 6.79 Å². The van der Waals surface area contributed by atoms with Gasteiger partial charge < -0.3 is 24.2 Å². The Balaban J connectivity index is 1.46. The Morgan fingerprint density at radius 2 is 1.88 bits per heavy atom. The number of nitrogens with one attached hydrogen (secondary N) is 1. The SMILES string of the molecule is CC1CCCCN1c1cc(Nc2ccc3c(c2)OCO3)c2c3c(onc13)-c1ccccc1C2=O. The maximum Gasteiger partial charge on any atom is 0.231 e. The predicted molar refractivity (Wildman–Crippen MR) is 129 cm³/mol. The number of aromatic nitrogens is 1. The summed E-state index contributed by atoms with van der Waals surface area (Å²) in [5.41, 5.74) is 5.32. The minimum atomic E-state index is -0.0298. The van der Waals surface area contributed by atoms with Crippen LogP contribution in [0.2, 0.25) is 0 Å². The number of hydrogen-bond donors (Lipinski definition) is 1. The number of piperidine rings is 1. The molecule has 7 heteroatoms. The molecule has 0 bridgehead atoms. The van der Waals surface area contributed by atoms with E-state index in [1.54, 1.807) is 0 Å². The van der Waals surface area contributed by atoms with Crippen molar-refractivity contribution in [3.63, 3.8) is 0 Å². The number of hydrogen-bond acceptors (Lipinski definition) is 7. The van der Waals surface area contributed by atoms with Gasteiger partial charge in [0, 0.05) is 35.5 Å². The molecule has 1 saturated heterocycles. The van der Waals surface area contributed by atoms with E-state index in [0.29, 0.717) is 28.7 Å². The van der Waals surface area contributed by atoms with Crippen LogP contribution in [0.3, 0.4) is 0 Å². The fraction of sp³-hybridized carbons (Fsp3) is 0.259. The number of ether oxygens (including phenoxy) is 2. The normalized spacial score (nSPS) is 18.3. The number of benzene rings is 3. The van der Waals surface area contributed by atoms with Crippen molar-refractivity contribution in [2.45, 2.75) is 32.2 Å². The van der Waals surface area contributed by atoms with Gasteiger partial charge in [-0.3, -0.25) is 4.79 Å². The van der Waals surface area contributed by atoms with Crippen molar-refractivity contribution in [2.24, 2.45) is 0 Å². The lowest BCUT2D eigenvalue weighted by molar-refractivity contribution is 0.104. The van der Waals surface area contributed by atoms with Gasteiger partial charge in [0.1, 0.15) is 5.52 Å². The molecule has 3 aromatic carbocycles. The van der Waals surface area contributed by atoms with Crippen LogP contribution in [0.4, 0.5) is 17.1 Å². The smallest absolute Gasteiger partial charge is 0.231 e. The summed E-state index contributed by atoms with van der Waals surface area (Å²) in [6, 6.07) is 15.7. The van der Waals surface area contributed by atoms with Crippen LogP contribution >= 0.6 is 0 Å². The maximum atomic E-state index is 13.8. The average Bonchev–Trinajstić information content (AvgIpc) is 3.51. The van der Waals surface area contributed by atoms with Crippen molar-refractivity contribution in [2.75, 3.05) is 23.6 Å². The molecule has 1 unspecified atom stereocenters. The summed E-state index contributed by atoms with van der Waals surface area (Å²) in [4.78, 5) is 16.2. The lowest BCUT2D eigenvalue weighted by atomic mass is 9.86. The molecule has 1 aliphatic carbocycles. The molecule has 0 saturated carbocycles. The van der Waals surface area contributed by atoms with Gasteiger partial charge >= 0.3 is 0 Å². The second-order valence-corrected chi connectivity index (χ2v) is 9.16. The molecule has 0 radical (unpaired) electrons. The van der Waals surface area contributed by atoms with Crippen LogP contribution in [0.25, 0.3) is 22.2 Å². The first-order valence-corrected chi connectivity index (χ1v) is 11.7. The van der Waals surface area contributed by atoms with E-state index >= 15 is 0 Å². The second-order valence-electron chi connectivity index (χ2n) is 9.16. The van der Waals surface area contributed by atoms with Gasteiger partial charge in [-0.1, -0.05) is 29.4 Å². The van der Waals surface area contributed by atoms with Gasteiger partial charge in [-0.05, 0) is 44.4 Å². The van der Waals surface area contributed by atoms with Crippen molar-refractivity contribution < 1.29 is 18.8 Å². The molecule has 34 heavy (non-hydrogen) atoms. The van der Waals surface area contributed by atoms with Gasteiger partial charge in [0.05, 0.1) is 22.3 Å². The number of nitrogens with zero attached hydrogens (tertiary/aromatic N) is 2. The summed E-state index contributed by atoms with van der Waals surface area (Å²) >= 11 is 0. The Morgan fingerprint density at radius 1 is 1.03 bits per heavy atom. The highest BCUT2D eigenvalue weighted by atomic mass is 16.7. The standard InChI is InChI=1S/C27H23N3O4/c1-15-6-4-5-11-30(15)20-13-19(28-16-9-10-21-22(12-16)33-14-32-21)23-24-25(20)29-34-27(24)18-8-3-2-7-17(18)26(23)31/h2-3,7-10,12-13,15,28H,4-6,11,14H2,1H3. The van der Waals surface area contributed by atoms with E-state index in [1.807, 2.05) is 42.5 Å². The zero-order chi connectivity index (χ0) is 22.8. The minimum absolute atomic E-state index is 0.0298. The molecule has 1 N–H and O–H groups in total. The van der Waals surface area contributed by atoms with Crippen LogP contribution in [-0.4, -0.2) is 30.3 Å². The Morgan fingerprint density at radius 3 is 2.76 bits per heavy atom. The highest BCUT2D eigenvalue weighted by Crippen LogP contribution is 2.47. The fourth-order valence-electron chi connectivity index (χ4n) is 5.45. The van der Waals surface area contributed by atoms with Gasteiger partial charge in [-0.2, -0.15) is 0 Å². The molecule has 7 nitrogen and oxygen atoms in total. The van der Waals surface area contributed by atoms with E-state index in [9.17, 15) is 4.79 Å². The highest BCUT2D eigenvalue weighted by molar-refractivity contribution is 6.28. The number of rotatable bonds is 3. The van der Waals surface area contributed by atoms with Crippen molar-refractivity contribution in [3.05, 3.63) is 59.7 Å². The molecular formula is C27H23N3O4. The van der Waals surface area contributed by atoms with Crippen molar-refractivity contribution in [3.8, 4) is 22.8 Å². The Kier molecular flexibility index (Phi) is 4.15. The molecular weight excluding hydrogens is 430 g/mol. The monoisotopic (exact) mass is 453 g/mol. The van der Waals surface area contributed by atoms with E-state index in [4.69, 9.17) is 14.0 Å². The number of fused-ring (bicyclic) bond motifs is 3. The number of carbonyl (C=O) groups is 1. The topological polar surface area (TPSA) is 76.8 Å². The highest BCUT2D eigenvalue weighted by Gasteiger charge is 2.34. The van der Waals surface area contributed by atoms with E-state index in [1.165, 1.54) is 6.42 Å². The van der Waals surface area contributed by atoms with Crippen LogP contribution in [0, 0.1) is 0 Å². The molecule has 1 aromatic heterocycles. The molecule has 170 valence electrons.